The molecule has 2 aliphatic carbocycles. The van der Waals surface area contributed by atoms with Gasteiger partial charge in [0.2, 0.25) is 0 Å². The van der Waals surface area contributed by atoms with Crippen LogP contribution in [0.1, 0.15) is 44.9 Å². The van der Waals surface area contributed by atoms with E-state index in [1.54, 1.807) is 0 Å². The smallest absolute Gasteiger partial charge is 0.306 e. The SMILES string of the molecule is O=C1CCC[C@]2(C[C@H]3CC[C@@H]2C3)O1. The Balaban J connectivity index is 1.84. The number of hydrogen-bond acceptors (Lipinski definition) is 2. The molecule has 1 spiro atoms. The molecule has 72 valence electrons. The fourth-order valence-corrected chi connectivity index (χ4v) is 3.69. The van der Waals surface area contributed by atoms with Crippen LogP contribution < -0.4 is 0 Å². The Labute approximate surface area is 78.6 Å². The second kappa shape index (κ2) is 2.49. The molecule has 0 aromatic carbocycles. The maximum absolute atomic E-state index is 11.3. The van der Waals surface area contributed by atoms with Gasteiger partial charge in [0.15, 0.2) is 0 Å². The van der Waals surface area contributed by atoms with E-state index in [0.717, 1.165) is 18.8 Å². The number of carbonyl (C=O) groups excluding carboxylic acids is 1. The van der Waals surface area contributed by atoms with Crippen LogP contribution >= 0.6 is 0 Å². The van der Waals surface area contributed by atoms with Crippen molar-refractivity contribution in [2.45, 2.75) is 50.5 Å². The van der Waals surface area contributed by atoms with Crippen molar-refractivity contribution in [2.75, 3.05) is 0 Å². The fourth-order valence-electron chi connectivity index (χ4n) is 3.69. The first-order valence-electron chi connectivity index (χ1n) is 5.50. The minimum atomic E-state index is 0.0122. The predicted octanol–water partition coefficient (Wildman–Crippen LogP) is 2.27. The normalized spacial score (nSPS) is 48.5. The summed E-state index contributed by atoms with van der Waals surface area (Å²) >= 11 is 0. The molecule has 2 saturated carbocycles. The number of esters is 1. The number of carbonyl (C=O) groups is 1. The lowest BCUT2D eigenvalue weighted by atomic mass is 9.79. The summed E-state index contributed by atoms with van der Waals surface area (Å²) in [6.07, 6.45) is 8.03. The summed E-state index contributed by atoms with van der Waals surface area (Å²) in [5.74, 6) is 1.64. The van der Waals surface area contributed by atoms with Gasteiger partial charge in [-0.15, -0.1) is 0 Å². The first-order chi connectivity index (χ1) is 6.28. The third kappa shape index (κ3) is 1.04. The molecule has 2 nitrogen and oxygen atoms in total. The highest BCUT2D eigenvalue weighted by atomic mass is 16.6. The van der Waals surface area contributed by atoms with E-state index in [1.807, 2.05) is 0 Å². The zero-order valence-corrected chi connectivity index (χ0v) is 7.92. The van der Waals surface area contributed by atoms with Crippen molar-refractivity contribution in [3.05, 3.63) is 0 Å². The summed E-state index contributed by atoms with van der Waals surface area (Å²) < 4.78 is 5.63. The van der Waals surface area contributed by atoms with Crippen LogP contribution in [-0.4, -0.2) is 11.6 Å². The lowest BCUT2D eigenvalue weighted by Crippen LogP contribution is -2.43. The molecule has 1 saturated heterocycles. The van der Waals surface area contributed by atoms with E-state index in [4.69, 9.17) is 4.74 Å². The highest BCUT2D eigenvalue weighted by Gasteiger charge is 2.54. The van der Waals surface area contributed by atoms with Crippen molar-refractivity contribution in [3.63, 3.8) is 0 Å². The first-order valence-corrected chi connectivity index (χ1v) is 5.50. The molecule has 3 aliphatic rings. The molecule has 0 aromatic rings. The van der Waals surface area contributed by atoms with Crippen LogP contribution in [0.4, 0.5) is 0 Å². The molecule has 0 aromatic heterocycles. The maximum atomic E-state index is 11.3. The summed E-state index contributed by atoms with van der Waals surface area (Å²) in [7, 11) is 0. The fraction of sp³-hybridized carbons (Fsp3) is 0.909. The minimum Gasteiger partial charge on any atom is -0.459 e. The average molecular weight is 180 g/mol. The van der Waals surface area contributed by atoms with Gasteiger partial charge in [-0.2, -0.15) is 0 Å². The van der Waals surface area contributed by atoms with E-state index in [2.05, 4.69) is 0 Å². The zero-order valence-electron chi connectivity index (χ0n) is 7.92. The number of fused-ring (bicyclic) bond motifs is 3. The van der Waals surface area contributed by atoms with Gasteiger partial charge in [0.05, 0.1) is 0 Å². The standard InChI is InChI=1S/C11H16O2/c12-10-2-1-5-11(13-10)7-8-3-4-9(11)6-8/h8-9H,1-7H2/t8-,9+,11+/m0/s1. The van der Waals surface area contributed by atoms with Gasteiger partial charge in [0, 0.05) is 6.42 Å². The van der Waals surface area contributed by atoms with Crippen molar-refractivity contribution < 1.29 is 9.53 Å². The number of rotatable bonds is 0. The van der Waals surface area contributed by atoms with E-state index < -0.39 is 0 Å². The Morgan fingerprint density at radius 3 is 2.92 bits per heavy atom. The second-order valence-corrected chi connectivity index (χ2v) is 4.97. The van der Waals surface area contributed by atoms with Gasteiger partial charge < -0.3 is 4.74 Å². The topological polar surface area (TPSA) is 26.3 Å². The maximum Gasteiger partial charge on any atom is 0.306 e. The molecule has 1 aliphatic heterocycles. The Kier molecular flexibility index (Phi) is 1.50. The molecule has 3 rings (SSSR count). The minimum absolute atomic E-state index is 0.0122. The van der Waals surface area contributed by atoms with Crippen LogP contribution in [0.2, 0.25) is 0 Å². The largest absolute Gasteiger partial charge is 0.459 e. The van der Waals surface area contributed by atoms with E-state index >= 15 is 0 Å². The van der Waals surface area contributed by atoms with Crippen molar-refractivity contribution in [3.8, 4) is 0 Å². The summed E-state index contributed by atoms with van der Waals surface area (Å²) in [5.41, 5.74) is 0.0122. The molecule has 1 heterocycles. The number of hydrogen-bond donors (Lipinski definition) is 0. The van der Waals surface area contributed by atoms with Gasteiger partial charge in [-0.05, 0) is 50.4 Å². The third-order valence-electron chi connectivity index (χ3n) is 4.22. The summed E-state index contributed by atoms with van der Waals surface area (Å²) in [6.45, 7) is 0. The van der Waals surface area contributed by atoms with E-state index in [9.17, 15) is 4.79 Å². The molecule has 0 radical (unpaired) electrons. The molecule has 0 N–H and O–H groups in total. The molecule has 0 amide bonds. The second-order valence-electron chi connectivity index (χ2n) is 4.97. The van der Waals surface area contributed by atoms with Gasteiger partial charge >= 0.3 is 5.97 Å². The lowest BCUT2D eigenvalue weighted by molar-refractivity contribution is -0.174. The van der Waals surface area contributed by atoms with E-state index in [-0.39, 0.29) is 11.6 Å². The highest BCUT2D eigenvalue weighted by Crippen LogP contribution is 2.55. The summed E-state index contributed by atoms with van der Waals surface area (Å²) in [5, 5.41) is 0. The first kappa shape index (κ1) is 7.84. The highest BCUT2D eigenvalue weighted by molar-refractivity contribution is 5.70. The van der Waals surface area contributed by atoms with Crippen molar-refractivity contribution in [1.82, 2.24) is 0 Å². The van der Waals surface area contributed by atoms with Crippen LogP contribution in [-0.2, 0) is 9.53 Å². The predicted molar refractivity (Wildman–Crippen MR) is 48.1 cm³/mol. The van der Waals surface area contributed by atoms with Gasteiger partial charge in [0.1, 0.15) is 5.60 Å². The quantitative estimate of drug-likeness (QED) is 0.534. The van der Waals surface area contributed by atoms with Gasteiger partial charge in [-0.1, -0.05) is 0 Å². The Morgan fingerprint density at radius 2 is 2.31 bits per heavy atom. The zero-order chi connectivity index (χ0) is 8.89. The monoisotopic (exact) mass is 180 g/mol. The van der Waals surface area contributed by atoms with Crippen LogP contribution in [0.25, 0.3) is 0 Å². The molecule has 13 heavy (non-hydrogen) atoms. The molecular weight excluding hydrogens is 164 g/mol. The van der Waals surface area contributed by atoms with Gasteiger partial charge in [-0.3, -0.25) is 4.79 Å². The van der Waals surface area contributed by atoms with Crippen LogP contribution in [0.3, 0.4) is 0 Å². The van der Waals surface area contributed by atoms with Crippen LogP contribution in [0.5, 0.6) is 0 Å². The van der Waals surface area contributed by atoms with Gasteiger partial charge in [-0.25, -0.2) is 0 Å². The average Bonchev–Trinajstić information content (AvgIpc) is 2.63. The Bertz CT molecular complexity index is 248. The van der Waals surface area contributed by atoms with Crippen molar-refractivity contribution in [1.29, 1.82) is 0 Å². The van der Waals surface area contributed by atoms with Crippen LogP contribution in [0.15, 0.2) is 0 Å². The van der Waals surface area contributed by atoms with Crippen molar-refractivity contribution in [2.24, 2.45) is 11.8 Å². The Hall–Kier alpha value is -0.530. The third-order valence-corrected chi connectivity index (χ3v) is 4.22. The molecule has 2 heteroatoms. The Morgan fingerprint density at radius 1 is 1.38 bits per heavy atom. The molecular formula is C11H16O2. The summed E-state index contributed by atoms with van der Waals surface area (Å²) in [6, 6.07) is 0. The van der Waals surface area contributed by atoms with E-state index in [0.29, 0.717) is 12.3 Å². The van der Waals surface area contributed by atoms with Gasteiger partial charge in [0.25, 0.3) is 0 Å². The molecule has 2 bridgehead atoms. The molecule has 0 unspecified atom stereocenters. The number of ether oxygens (including phenoxy) is 1. The molecule has 3 atom stereocenters. The van der Waals surface area contributed by atoms with Crippen LogP contribution in [0, 0.1) is 11.8 Å². The lowest BCUT2D eigenvalue weighted by Gasteiger charge is -2.40. The van der Waals surface area contributed by atoms with E-state index in [1.165, 1.54) is 25.7 Å². The van der Waals surface area contributed by atoms with Crippen molar-refractivity contribution >= 4 is 5.97 Å². The summed E-state index contributed by atoms with van der Waals surface area (Å²) in [4.78, 5) is 11.3. The molecule has 3 fully saturated rings.